The molecule has 28 heavy (non-hydrogen) atoms. The van der Waals surface area contributed by atoms with Crippen LogP contribution in [0.15, 0.2) is 0 Å². The second-order valence-corrected chi connectivity index (χ2v) is 11.0. The lowest BCUT2D eigenvalue weighted by Crippen LogP contribution is -2.49. The minimum absolute atomic E-state index is 0.299. The lowest BCUT2D eigenvalue weighted by molar-refractivity contribution is -0.914. The number of piperidine rings is 1. The van der Waals surface area contributed by atoms with E-state index in [1.165, 1.54) is 77.0 Å². The van der Waals surface area contributed by atoms with Crippen molar-refractivity contribution < 1.29 is 23.0 Å². The predicted octanol–water partition coefficient (Wildman–Crippen LogP) is 5.92. The van der Waals surface area contributed by atoms with Crippen LogP contribution in [0.3, 0.4) is 0 Å². The lowest BCUT2D eigenvalue weighted by atomic mass is 9.78. The Morgan fingerprint density at radius 2 is 1.50 bits per heavy atom. The van der Waals surface area contributed by atoms with E-state index in [1.807, 2.05) is 0 Å². The van der Waals surface area contributed by atoms with Gasteiger partial charge in [0, 0.05) is 0 Å². The van der Waals surface area contributed by atoms with Crippen LogP contribution in [0.4, 0.5) is 0 Å². The fraction of sp³-hybridized carbons (Fsp3) is 1.00. The van der Waals surface area contributed by atoms with E-state index in [-0.39, 0.29) is 0 Å². The molecule has 2 aliphatic rings. The van der Waals surface area contributed by atoms with Crippen LogP contribution in [0.25, 0.3) is 0 Å². The Morgan fingerprint density at radius 3 is 2.14 bits per heavy atom. The van der Waals surface area contributed by atoms with E-state index in [1.54, 1.807) is 0 Å². The predicted molar refractivity (Wildman–Crippen MR) is 115 cm³/mol. The van der Waals surface area contributed by atoms with Crippen LogP contribution < -0.4 is 0 Å². The van der Waals surface area contributed by atoms with Gasteiger partial charge in [-0.2, -0.15) is 0 Å². The first-order chi connectivity index (χ1) is 13.4. The molecule has 0 radical (unpaired) electrons. The van der Waals surface area contributed by atoms with Gasteiger partial charge in [0.05, 0.1) is 26.7 Å². The van der Waals surface area contributed by atoms with Gasteiger partial charge in [-0.1, -0.05) is 64.7 Å². The first-order valence-electron chi connectivity index (χ1n) is 11.9. The van der Waals surface area contributed by atoms with Crippen molar-refractivity contribution in [1.29, 1.82) is 0 Å². The summed E-state index contributed by atoms with van der Waals surface area (Å²) in [4.78, 5) is 9.94. The molecule has 5 nitrogen and oxygen atoms in total. The van der Waals surface area contributed by atoms with Crippen LogP contribution in [0, 0.1) is 11.8 Å². The molecular formula is C22H45NO4P+. The topological polar surface area (TPSA) is 55.8 Å². The van der Waals surface area contributed by atoms with Gasteiger partial charge < -0.3 is 9.38 Å². The second kappa shape index (κ2) is 12.7. The maximum absolute atomic E-state index is 12.1. The summed E-state index contributed by atoms with van der Waals surface area (Å²) in [5, 5.41) is 0. The number of rotatable bonds is 13. The lowest BCUT2D eigenvalue weighted by Gasteiger charge is -2.37. The van der Waals surface area contributed by atoms with Crippen molar-refractivity contribution in [1.82, 2.24) is 0 Å². The van der Waals surface area contributed by atoms with E-state index >= 15 is 0 Å². The van der Waals surface area contributed by atoms with Crippen molar-refractivity contribution in [2.24, 2.45) is 11.8 Å². The summed E-state index contributed by atoms with van der Waals surface area (Å²) in [7, 11) is -1.69. The highest BCUT2D eigenvalue weighted by molar-refractivity contribution is 7.47. The van der Waals surface area contributed by atoms with Crippen LogP contribution in [-0.2, 0) is 13.6 Å². The van der Waals surface area contributed by atoms with Crippen LogP contribution in [0.2, 0.25) is 0 Å². The molecule has 1 aliphatic heterocycles. The van der Waals surface area contributed by atoms with Crippen LogP contribution in [-0.4, -0.2) is 49.3 Å². The van der Waals surface area contributed by atoms with Crippen LogP contribution in [0.5, 0.6) is 0 Å². The molecule has 1 heterocycles. The minimum Gasteiger partial charge on any atom is -0.324 e. The number of likely N-dealkylation sites (tertiary alicyclic amines) is 1. The van der Waals surface area contributed by atoms with Crippen molar-refractivity contribution in [3.8, 4) is 0 Å². The Kier molecular flexibility index (Phi) is 11.0. The summed E-state index contributed by atoms with van der Waals surface area (Å²) in [6.07, 6.45) is 16.6. The summed E-state index contributed by atoms with van der Waals surface area (Å²) in [6, 6.07) is 0. The van der Waals surface area contributed by atoms with Crippen LogP contribution in [0.1, 0.15) is 90.4 Å². The van der Waals surface area contributed by atoms with Gasteiger partial charge in [-0.15, -0.1) is 0 Å². The number of quaternary nitrogens is 1. The Bertz CT molecular complexity index is 459. The third kappa shape index (κ3) is 9.71. The number of unbranched alkanes of at least 4 members (excludes halogenated alkanes) is 3. The monoisotopic (exact) mass is 418 g/mol. The molecule has 0 spiro atoms. The highest BCUT2D eigenvalue weighted by Gasteiger charge is 2.28. The van der Waals surface area contributed by atoms with Crippen molar-refractivity contribution in [2.45, 2.75) is 90.4 Å². The number of nitrogens with zero attached hydrogens (tertiary/aromatic N) is 1. The molecule has 0 aromatic rings. The normalized spacial score (nSPS) is 27.4. The van der Waals surface area contributed by atoms with E-state index in [9.17, 15) is 9.46 Å². The molecule has 6 heteroatoms. The second-order valence-electron chi connectivity index (χ2n) is 9.51. The SMILES string of the molecule is CCCCCCC1CCC(CCOP(=O)(O)OCC[N+]2(C)CCCCC2)CC1. The minimum atomic E-state index is -3.90. The van der Waals surface area contributed by atoms with Gasteiger partial charge in [0.1, 0.15) is 13.2 Å². The van der Waals surface area contributed by atoms with Gasteiger partial charge in [0.2, 0.25) is 0 Å². The molecule has 0 bridgehead atoms. The van der Waals surface area contributed by atoms with Gasteiger partial charge in [0.15, 0.2) is 0 Å². The smallest absolute Gasteiger partial charge is 0.324 e. The number of hydrogen-bond donors (Lipinski definition) is 1. The van der Waals surface area contributed by atoms with Crippen molar-refractivity contribution >= 4 is 7.82 Å². The summed E-state index contributed by atoms with van der Waals surface area (Å²) in [5.41, 5.74) is 0. The first kappa shape index (κ1) is 24.3. The summed E-state index contributed by atoms with van der Waals surface area (Å²) < 4.78 is 23.6. The van der Waals surface area contributed by atoms with E-state index in [0.29, 0.717) is 19.1 Å². The van der Waals surface area contributed by atoms with Gasteiger partial charge in [-0.25, -0.2) is 4.57 Å². The molecule has 166 valence electrons. The standard InChI is InChI=1S/C22H44NO4P/c1-3-4-5-7-10-21-11-13-22(14-12-21)15-19-26-28(24,25)27-20-18-23(2)16-8-6-9-17-23/h21-22H,3-20H2,1-2H3/p+1. The molecule has 0 aromatic heterocycles. The highest BCUT2D eigenvalue weighted by Crippen LogP contribution is 2.44. The molecule has 1 saturated heterocycles. The Balaban J connectivity index is 1.53. The van der Waals surface area contributed by atoms with Gasteiger partial charge in [-0.3, -0.25) is 9.05 Å². The Labute approximate surface area is 173 Å². The van der Waals surface area contributed by atoms with Gasteiger partial charge in [0.25, 0.3) is 0 Å². The number of phosphoric ester groups is 1. The van der Waals surface area contributed by atoms with Gasteiger partial charge in [-0.05, 0) is 37.5 Å². The molecule has 0 amide bonds. The molecule has 1 saturated carbocycles. The Hall–Kier alpha value is 0.0700. The molecule has 1 N–H and O–H groups in total. The maximum atomic E-state index is 12.1. The number of likely N-dealkylation sites (N-methyl/N-ethyl adjacent to an activating group) is 1. The zero-order valence-corrected chi connectivity index (χ0v) is 19.3. The average molecular weight is 419 g/mol. The fourth-order valence-electron chi connectivity index (χ4n) is 4.92. The van der Waals surface area contributed by atoms with E-state index < -0.39 is 7.82 Å². The largest absolute Gasteiger partial charge is 0.472 e. The summed E-state index contributed by atoms with van der Waals surface area (Å²) in [5.74, 6) is 1.55. The third-order valence-electron chi connectivity index (χ3n) is 6.99. The van der Waals surface area contributed by atoms with E-state index in [4.69, 9.17) is 9.05 Å². The summed E-state index contributed by atoms with van der Waals surface area (Å²) in [6.45, 7) is 5.97. The molecule has 2 rings (SSSR count). The maximum Gasteiger partial charge on any atom is 0.472 e. The summed E-state index contributed by atoms with van der Waals surface area (Å²) >= 11 is 0. The van der Waals surface area contributed by atoms with Crippen molar-refractivity contribution in [3.63, 3.8) is 0 Å². The first-order valence-corrected chi connectivity index (χ1v) is 13.4. The third-order valence-corrected chi connectivity index (χ3v) is 8.01. The van der Waals surface area contributed by atoms with Crippen molar-refractivity contribution in [3.05, 3.63) is 0 Å². The fourth-order valence-corrected chi connectivity index (χ4v) is 5.64. The Morgan fingerprint density at radius 1 is 0.893 bits per heavy atom. The molecule has 2 fully saturated rings. The zero-order valence-electron chi connectivity index (χ0n) is 18.4. The van der Waals surface area contributed by atoms with Crippen molar-refractivity contribution in [2.75, 3.05) is 39.9 Å². The van der Waals surface area contributed by atoms with Crippen LogP contribution >= 0.6 is 7.82 Å². The zero-order chi connectivity index (χ0) is 20.3. The molecular weight excluding hydrogens is 373 g/mol. The average Bonchev–Trinajstić information content (AvgIpc) is 2.66. The molecule has 1 unspecified atom stereocenters. The van der Waals surface area contributed by atoms with E-state index in [2.05, 4.69) is 14.0 Å². The number of hydrogen-bond acceptors (Lipinski definition) is 3. The molecule has 1 atom stereocenters. The van der Waals surface area contributed by atoms with E-state index in [0.717, 1.165) is 36.5 Å². The molecule has 1 aliphatic carbocycles. The highest BCUT2D eigenvalue weighted by atomic mass is 31.2. The van der Waals surface area contributed by atoms with Gasteiger partial charge >= 0.3 is 7.82 Å². The number of phosphoric acid groups is 1. The quantitative estimate of drug-likeness (QED) is 0.229. The molecule has 0 aromatic carbocycles.